The highest BCUT2D eigenvalue weighted by Crippen LogP contribution is 2.13. The van der Waals surface area contributed by atoms with Crippen LogP contribution in [0.4, 0.5) is 0 Å². The van der Waals surface area contributed by atoms with E-state index in [1.165, 1.54) is 11.3 Å². The van der Waals surface area contributed by atoms with Crippen LogP contribution in [-0.4, -0.2) is 9.38 Å². The van der Waals surface area contributed by atoms with Gasteiger partial charge >= 0.3 is 0 Å². The first kappa shape index (κ1) is 7.35. The van der Waals surface area contributed by atoms with E-state index in [0.29, 0.717) is 0 Å². The minimum absolute atomic E-state index is 1.04. The summed E-state index contributed by atoms with van der Waals surface area (Å²) in [5, 5.41) is 0. The van der Waals surface area contributed by atoms with E-state index in [4.69, 9.17) is 0 Å². The molecule has 0 spiro atoms. The smallest absolute Gasteiger partial charge is 0.137 e. The van der Waals surface area contributed by atoms with E-state index < -0.39 is 0 Å². The van der Waals surface area contributed by atoms with E-state index in [-0.39, 0.29) is 0 Å². The molecule has 2 heterocycles. The molecule has 2 aromatic heterocycles. The Hall–Kier alpha value is -1.31. The lowest BCUT2D eigenvalue weighted by atomic mass is 10.2. The van der Waals surface area contributed by atoms with Gasteiger partial charge < -0.3 is 4.40 Å². The highest BCUT2D eigenvalue weighted by Gasteiger charge is 2.02. The first-order valence-electron chi connectivity index (χ1n) is 4.11. The third-order valence-corrected chi connectivity index (χ3v) is 2.46. The molecule has 0 atom stereocenters. The SMILES string of the molecule is Cc1nc2cccn2c(C)c1C. The Morgan fingerprint density at radius 3 is 2.75 bits per heavy atom. The Kier molecular flexibility index (Phi) is 1.43. The molecule has 0 saturated heterocycles. The van der Waals surface area contributed by atoms with Crippen molar-refractivity contribution in [1.29, 1.82) is 0 Å². The van der Waals surface area contributed by atoms with Crippen LogP contribution in [0.15, 0.2) is 18.3 Å². The van der Waals surface area contributed by atoms with Crippen LogP contribution < -0.4 is 0 Å². The van der Waals surface area contributed by atoms with Crippen LogP contribution in [0.5, 0.6) is 0 Å². The van der Waals surface area contributed by atoms with Gasteiger partial charge in [-0.3, -0.25) is 0 Å². The predicted octanol–water partition coefficient (Wildman–Crippen LogP) is 2.26. The van der Waals surface area contributed by atoms with Crippen molar-refractivity contribution in [1.82, 2.24) is 9.38 Å². The Morgan fingerprint density at radius 1 is 1.25 bits per heavy atom. The largest absolute Gasteiger partial charge is 0.306 e. The van der Waals surface area contributed by atoms with Crippen LogP contribution >= 0.6 is 0 Å². The molecule has 0 bridgehead atoms. The summed E-state index contributed by atoms with van der Waals surface area (Å²) in [6, 6.07) is 4.05. The fourth-order valence-electron chi connectivity index (χ4n) is 1.44. The zero-order chi connectivity index (χ0) is 8.72. The Morgan fingerprint density at radius 2 is 2.00 bits per heavy atom. The van der Waals surface area contributed by atoms with E-state index in [9.17, 15) is 0 Å². The maximum atomic E-state index is 4.46. The van der Waals surface area contributed by atoms with Crippen molar-refractivity contribution in [3.63, 3.8) is 0 Å². The third kappa shape index (κ3) is 0.843. The van der Waals surface area contributed by atoms with Crippen LogP contribution in [0.3, 0.4) is 0 Å². The van der Waals surface area contributed by atoms with E-state index in [0.717, 1.165) is 11.3 Å². The second kappa shape index (κ2) is 2.34. The van der Waals surface area contributed by atoms with E-state index in [1.54, 1.807) is 0 Å². The first-order valence-corrected chi connectivity index (χ1v) is 4.11. The minimum Gasteiger partial charge on any atom is -0.306 e. The van der Waals surface area contributed by atoms with Crippen LogP contribution in [0.2, 0.25) is 0 Å². The molecule has 0 aliphatic heterocycles. The van der Waals surface area contributed by atoms with Gasteiger partial charge in [-0.1, -0.05) is 0 Å². The lowest BCUT2D eigenvalue weighted by Gasteiger charge is -2.06. The van der Waals surface area contributed by atoms with Crippen molar-refractivity contribution in [2.75, 3.05) is 0 Å². The van der Waals surface area contributed by atoms with Crippen molar-refractivity contribution < 1.29 is 0 Å². The maximum absolute atomic E-state index is 4.46. The molecule has 2 heteroatoms. The van der Waals surface area contributed by atoms with Gasteiger partial charge in [0.1, 0.15) is 5.65 Å². The van der Waals surface area contributed by atoms with Gasteiger partial charge in [-0.2, -0.15) is 0 Å². The zero-order valence-electron chi connectivity index (χ0n) is 7.63. The quantitative estimate of drug-likeness (QED) is 0.577. The van der Waals surface area contributed by atoms with Gasteiger partial charge in [0, 0.05) is 17.6 Å². The molecular weight excluding hydrogens is 148 g/mol. The number of rotatable bonds is 0. The zero-order valence-corrected chi connectivity index (χ0v) is 7.63. The second-order valence-corrected chi connectivity index (χ2v) is 3.14. The van der Waals surface area contributed by atoms with Crippen LogP contribution in [0.25, 0.3) is 5.65 Å². The molecule has 0 radical (unpaired) electrons. The summed E-state index contributed by atoms with van der Waals surface area (Å²) in [6.07, 6.45) is 2.05. The number of nitrogens with zero attached hydrogens (tertiary/aromatic N) is 2. The summed E-state index contributed by atoms with van der Waals surface area (Å²) >= 11 is 0. The topological polar surface area (TPSA) is 17.3 Å². The van der Waals surface area contributed by atoms with Crippen molar-refractivity contribution in [3.05, 3.63) is 35.3 Å². The Balaban J connectivity index is 2.94. The van der Waals surface area contributed by atoms with Gasteiger partial charge in [-0.15, -0.1) is 0 Å². The monoisotopic (exact) mass is 160 g/mol. The molecule has 0 N–H and O–H groups in total. The summed E-state index contributed by atoms with van der Waals surface area (Å²) in [6.45, 7) is 6.28. The van der Waals surface area contributed by atoms with E-state index in [1.807, 2.05) is 18.3 Å². The molecule has 0 aliphatic carbocycles. The van der Waals surface area contributed by atoms with Gasteiger partial charge in [0.25, 0.3) is 0 Å². The van der Waals surface area contributed by atoms with Crippen molar-refractivity contribution in [2.45, 2.75) is 20.8 Å². The minimum atomic E-state index is 1.04. The summed E-state index contributed by atoms with van der Waals surface area (Å²) in [5.41, 5.74) is 4.72. The molecule has 0 aliphatic rings. The van der Waals surface area contributed by atoms with Crippen LogP contribution in [0.1, 0.15) is 17.0 Å². The molecule has 0 fully saturated rings. The van der Waals surface area contributed by atoms with E-state index >= 15 is 0 Å². The molecule has 0 aromatic carbocycles. The number of aromatic nitrogens is 2. The molecule has 0 amide bonds. The Labute approximate surface area is 71.9 Å². The molecule has 2 rings (SSSR count). The lowest BCUT2D eigenvalue weighted by molar-refractivity contribution is 0.992. The van der Waals surface area contributed by atoms with Gasteiger partial charge in [-0.25, -0.2) is 4.98 Å². The second-order valence-electron chi connectivity index (χ2n) is 3.14. The third-order valence-electron chi connectivity index (χ3n) is 2.46. The number of fused-ring (bicyclic) bond motifs is 1. The van der Waals surface area contributed by atoms with Gasteiger partial charge in [-0.05, 0) is 38.5 Å². The van der Waals surface area contributed by atoms with Crippen LogP contribution in [0, 0.1) is 20.8 Å². The number of aryl methyl sites for hydroxylation is 2. The fourth-order valence-corrected chi connectivity index (χ4v) is 1.44. The van der Waals surface area contributed by atoms with Gasteiger partial charge in [0.2, 0.25) is 0 Å². The van der Waals surface area contributed by atoms with E-state index in [2.05, 4.69) is 30.2 Å². The molecule has 2 aromatic rings. The molecule has 2 nitrogen and oxygen atoms in total. The first-order chi connectivity index (χ1) is 5.70. The van der Waals surface area contributed by atoms with Crippen molar-refractivity contribution >= 4 is 5.65 Å². The summed E-state index contributed by atoms with van der Waals surface area (Å²) < 4.78 is 2.11. The molecular formula is C10H12N2. The molecule has 62 valence electrons. The Bertz CT molecular complexity index is 427. The van der Waals surface area contributed by atoms with Crippen molar-refractivity contribution in [2.24, 2.45) is 0 Å². The lowest BCUT2D eigenvalue weighted by Crippen LogP contribution is -1.99. The standard InChI is InChI=1S/C10H12N2/c1-7-8(2)11-10-5-4-6-12(10)9(7)3/h4-6H,1-3H3. The van der Waals surface area contributed by atoms with Crippen LogP contribution in [-0.2, 0) is 0 Å². The summed E-state index contributed by atoms with van der Waals surface area (Å²) in [7, 11) is 0. The fraction of sp³-hybridized carbons (Fsp3) is 0.300. The summed E-state index contributed by atoms with van der Waals surface area (Å²) in [4.78, 5) is 4.46. The van der Waals surface area contributed by atoms with Gasteiger partial charge in [0.05, 0.1) is 0 Å². The predicted molar refractivity (Wildman–Crippen MR) is 49.4 cm³/mol. The molecule has 12 heavy (non-hydrogen) atoms. The average Bonchev–Trinajstić information content (AvgIpc) is 2.48. The highest BCUT2D eigenvalue weighted by atomic mass is 15.0. The number of hydrogen-bond acceptors (Lipinski definition) is 1. The normalized spacial score (nSPS) is 10.9. The highest BCUT2D eigenvalue weighted by molar-refractivity contribution is 5.44. The molecule has 0 unspecified atom stereocenters. The average molecular weight is 160 g/mol. The van der Waals surface area contributed by atoms with Crippen molar-refractivity contribution in [3.8, 4) is 0 Å². The van der Waals surface area contributed by atoms with Gasteiger partial charge in [0.15, 0.2) is 0 Å². The number of hydrogen-bond donors (Lipinski definition) is 0. The summed E-state index contributed by atoms with van der Waals surface area (Å²) in [5.74, 6) is 0. The molecule has 0 saturated carbocycles. The maximum Gasteiger partial charge on any atom is 0.137 e.